The standard InChI is InChI=1S/2C28H30FNO2.2C27H28FNO2.8C2H6.8Y/c2*29-15-4-16-30-17-18-32-25-11-8-23(9-12-25)28-26(22-5-2-1-3-6-22)14-10-24-19-21(20-31)7-13-27(24)28;2*28-15-4-16-29-17-18-31-24-11-7-21(8-12-24)27-25(20-5-2-1-3-6-20)13-9-22-19-23(30)10-14-26(22)27;8*1-2;;;;;;;;/h2*1-9,11-13,19,26,28,31H,10,14-18,20H2;2*1-8,10-12,14,19,25,27,30H,9,13,15-18H2;8*1-2H3;;;;;;;;/q4*-2;;;;;;;;;;;;;;;;/t2*26-,28+;2*25-,27+;;;;;;;;;;;;;;;;/m1010................/s1. The van der Waals surface area contributed by atoms with E-state index in [0.717, 1.165) is 85.5 Å². The molecule has 0 heterocycles. The summed E-state index contributed by atoms with van der Waals surface area (Å²) in [5.41, 5.74) is 22.8. The number of ether oxygens (including phenoxy) is 4. The number of fused-ring (bicyclic) bond motifs is 4. The molecule has 12 aromatic carbocycles. The molecule has 8 radical (unpaired) electrons. The van der Waals surface area contributed by atoms with Gasteiger partial charge in [-0.15, -0.1) is 26.2 Å². The van der Waals surface area contributed by atoms with Gasteiger partial charge in [0.15, 0.2) is 0 Å². The third kappa shape index (κ3) is 52.3. The smallest absolute Gasteiger partial charge is 0.119 e. The molecule has 796 valence electrons. The van der Waals surface area contributed by atoms with Crippen molar-refractivity contribution in [3.63, 3.8) is 0 Å². The summed E-state index contributed by atoms with van der Waals surface area (Å²) in [6, 6.07) is 101. The molecule has 150 heavy (non-hydrogen) atoms. The number of aryl methyl sites for hydroxylation is 4. The van der Waals surface area contributed by atoms with E-state index in [1.54, 1.807) is 12.1 Å². The third-order valence-corrected chi connectivity index (χ3v) is 24.3. The molecule has 0 spiro atoms. The van der Waals surface area contributed by atoms with Gasteiger partial charge in [0.25, 0.3) is 0 Å². The summed E-state index contributed by atoms with van der Waals surface area (Å²) >= 11 is 0. The number of rotatable bonds is 38. The molecule has 0 fully saturated rings. The van der Waals surface area contributed by atoms with Crippen LogP contribution in [0.1, 0.15) is 284 Å². The van der Waals surface area contributed by atoms with Crippen LogP contribution in [-0.4, -0.2) is 126 Å². The first-order chi connectivity index (χ1) is 70.1. The van der Waals surface area contributed by atoms with Gasteiger partial charge in [-0.25, -0.2) is 0 Å². The largest absolute Gasteiger partial charge is 0.685 e. The van der Waals surface area contributed by atoms with Gasteiger partial charge < -0.3 is 86.3 Å². The van der Waals surface area contributed by atoms with Gasteiger partial charge in [0.1, 0.15) is 34.5 Å². The number of nitrogens with zero attached hydrogens (tertiary/aromatic N) is 4. The fraction of sp³-hybridized carbons (Fsp3) is 0.397. The minimum Gasteiger partial charge on any atom is -0.685 e. The Hall–Kier alpha value is -2.25. The summed E-state index contributed by atoms with van der Waals surface area (Å²) in [6.07, 6.45) is 14.2. The third-order valence-electron chi connectivity index (χ3n) is 24.3. The van der Waals surface area contributed by atoms with Gasteiger partial charge in [-0.3, -0.25) is 43.7 Å². The van der Waals surface area contributed by atoms with Crippen molar-refractivity contribution in [1.82, 2.24) is 0 Å². The zero-order valence-electron chi connectivity index (χ0n) is 92.4. The molecule has 0 amide bonds. The number of aliphatic hydroxyl groups excluding tert-OH is 2. The molecular formula is C126H164F4N4O8Y8-8. The van der Waals surface area contributed by atoms with Crippen LogP contribution in [0, 0.1) is 25.7 Å². The van der Waals surface area contributed by atoms with Crippen LogP contribution in [-0.2, 0) is 301 Å². The summed E-state index contributed by atoms with van der Waals surface area (Å²) in [4.78, 5) is 0. The maximum absolute atomic E-state index is 12.1. The molecule has 16 rings (SSSR count). The SMILES string of the molecule is CC.CC.CC.CC.CC.CC.CC.CC.OCc1ccc2c(c1)CC[C@@H](c1ccccc1)[C@H]2c1ccc(OCC[N-]C[CH-]CF)cc1.OCc1ccc2c(c1)CC[C@H](c1ccccc1)[C@@H]2c1ccc(OCC[N-]C[CH-]CF)cc1.Oc1ccc2c(c1)CC[C@@H](c1ccccc1)[C@H]2c1ccc(OCC[N-]C[CH-]CF)cc1.Oc1ccc2c(c1)CC[C@H](c1ccccc1)[C@@H]2c1ccc(OCC[N-]C[CH-]CF)cc1.[Y].[Y].[Y].[Y].[Y].[Y].[Y].[Y]. The van der Waals surface area contributed by atoms with Gasteiger partial charge in [0.2, 0.25) is 0 Å². The molecular weight excluding hydrogens is 2480 g/mol. The van der Waals surface area contributed by atoms with Crippen molar-refractivity contribution in [2.45, 2.75) is 223 Å². The number of hydrogen-bond donors (Lipinski definition) is 4. The number of benzene rings is 12. The van der Waals surface area contributed by atoms with Crippen molar-refractivity contribution >= 4 is 0 Å². The van der Waals surface area contributed by atoms with Crippen LogP contribution in [0.5, 0.6) is 34.5 Å². The minimum atomic E-state index is -0.445. The summed E-state index contributed by atoms with van der Waals surface area (Å²) < 4.78 is 71.4. The Bertz CT molecular complexity index is 4880. The first-order valence-electron chi connectivity index (χ1n) is 52.3. The molecule has 0 aromatic heterocycles. The van der Waals surface area contributed by atoms with E-state index < -0.39 is 26.7 Å². The molecule has 12 aromatic rings. The van der Waals surface area contributed by atoms with Crippen LogP contribution in [0.25, 0.3) is 21.3 Å². The summed E-state index contributed by atoms with van der Waals surface area (Å²) in [7, 11) is 0. The van der Waals surface area contributed by atoms with E-state index in [9.17, 15) is 38.0 Å². The molecule has 8 atom stereocenters. The first kappa shape index (κ1) is 154. The van der Waals surface area contributed by atoms with Gasteiger partial charge in [0.05, 0.1) is 39.6 Å². The van der Waals surface area contributed by atoms with Crippen LogP contribution < -0.4 is 18.9 Å². The van der Waals surface area contributed by atoms with E-state index >= 15 is 0 Å². The van der Waals surface area contributed by atoms with E-state index in [4.69, 9.17) is 18.9 Å². The Balaban J connectivity index is -0.000000890. The summed E-state index contributed by atoms with van der Waals surface area (Å²) in [5.74, 6) is 6.47. The van der Waals surface area contributed by atoms with Crippen LogP contribution >= 0.6 is 0 Å². The minimum absolute atomic E-state index is 0. The van der Waals surface area contributed by atoms with E-state index in [1.165, 1.54) is 115 Å². The fourth-order valence-electron chi connectivity index (χ4n) is 18.4. The average molecular weight is 2650 g/mol. The zero-order valence-corrected chi connectivity index (χ0v) is 115. The van der Waals surface area contributed by atoms with E-state index in [2.05, 4.69) is 228 Å². The summed E-state index contributed by atoms with van der Waals surface area (Å²) in [5, 5.41) is 55.9. The van der Waals surface area contributed by atoms with Gasteiger partial charge in [-0.05, 0) is 275 Å². The van der Waals surface area contributed by atoms with Crippen molar-refractivity contribution < 1.29 is 319 Å². The van der Waals surface area contributed by atoms with Gasteiger partial charge in [-0.2, -0.15) is 0 Å². The molecule has 4 aliphatic rings. The number of phenolic OH excluding ortho intramolecular Hbond substituents is 2. The zero-order chi connectivity index (χ0) is 103. The number of phenols is 2. The predicted octanol–water partition coefficient (Wildman–Crippen LogP) is 32.5. The second-order valence-corrected chi connectivity index (χ2v) is 32.2. The topological polar surface area (TPSA) is 174 Å². The van der Waals surface area contributed by atoms with Crippen LogP contribution in [0.3, 0.4) is 0 Å². The van der Waals surface area contributed by atoms with Gasteiger partial charge in [-0.1, -0.05) is 329 Å². The Labute approximate surface area is 1100 Å². The molecule has 0 unspecified atom stereocenters. The van der Waals surface area contributed by atoms with E-state index in [0.29, 0.717) is 114 Å². The maximum atomic E-state index is 12.1. The first-order valence-corrected chi connectivity index (χ1v) is 52.3. The fourth-order valence-corrected chi connectivity index (χ4v) is 18.4. The molecule has 24 heteroatoms. The number of alkyl halides is 4. The normalized spacial score (nSPS) is 15.2. The Morgan fingerprint density at radius 1 is 0.247 bits per heavy atom. The van der Waals surface area contributed by atoms with Crippen molar-refractivity contribution in [2.24, 2.45) is 0 Å². The maximum Gasteiger partial charge on any atom is 0.119 e. The average Bonchev–Trinajstić information content (AvgIpc) is 0.812. The quantitative estimate of drug-likeness (QED) is 0.0168. The second kappa shape index (κ2) is 96.5. The van der Waals surface area contributed by atoms with Crippen molar-refractivity contribution in [2.75, 3.05) is 105 Å². The molecule has 4 N–H and O–H groups in total. The summed E-state index contributed by atoms with van der Waals surface area (Å²) in [6.45, 7) is 36.2. The van der Waals surface area contributed by atoms with Crippen molar-refractivity contribution in [3.8, 4) is 34.5 Å². The molecule has 0 aliphatic heterocycles. The monoisotopic (exact) mass is 2650 g/mol. The number of aromatic hydroxyl groups is 2. The van der Waals surface area contributed by atoms with E-state index in [-0.39, 0.29) is 299 Å². The number of aliphatic hydroxyl groups is 2. The van der Waals surface area contributed by atoms with Crippen LogP contribution in [0.15, 0.2) is 291 Å². The van der Waals surface area contributed by atoms with Crippen molar-refractivity contribution in [1.29, 1.82) is 0 Å². The van der Waals surface area contributed by atoms with Crippen molar-refractivity contribution in [3.05, 3.63) is 438 Å². The predicted molar refractivity (Wildman–Crippen MR) is 590 cm³/mol. The molecule has 4 aliphatic carbocycles. The van der Waals surface area contributed by atoms with Gasteiger partial charge in [0, 0.05) is 285 Å². The van der Waals surface area contributed by atoms with Crippen LogP contribution in [0.2, 0.25) is 0 Å². The Kier molecular flexibility index (Phi) is 99.0. The molecule has 0 bridgehead atoms. The second-order valence-electron chi connectivity index (χ2n) is 32.2. The van der Waals surface area contributed by atoms with Crippen LogP contribution in [0.4, 0.5) is 17.6 Å². The Morgan fingerprint density at radius 3 is 0.633 bits per heavy atom. The Morgan fingerprint density at radius 2 is 0.440 bits per heavy atom. The number of hydrogen-bond acceptors (Lipinski definition) is 8. The number of halogens is 4. The molecule has 0 saturated heterocycles. The molecule has 0 saturated carbocycles. The van der Waals surface area contributed by atoms with Gasteiger partial charge >= 0.3 is 0 Å². The van der Waals surface area contributed by atoms with E-state index in [1.807, 2.05) is 184 Å². The molecule has 12 nitrogen and oxygen atoms in total.